The van der Waals surface area contributed by atoms with Crippen molar-refractivity contribution in [3.05, 3.63) is 213 Å². The minimum absolute atomic E-state index is 0.126. The summed E-state index contributed by atoms with van der Waals surface area (Å²) >= 11 is 0. The van der Waals surface area contributed by atoms with Gasteiger partial charge in [0.15, 0.2) is 0 Å². The van der Waals surface area contributed by atoms with E-state index in [4.69, 9.17) is 4.74 Å². The molecule has 0 radical (unpaired) electrons. The lowest BCUT2D eigenvalue weighted by molar-refractivity contribution is 0.170. The van der Waals surface area contributed by atoms with E-state index in [9.17, 15) is 0 Å². The van der Waals surface area contributed by atoms with Gasteiger partial charge in [-0.1, -0.05) is 128 Å². The van der Waals surface area contributed by atoms with Crippen LogP contribution >= 0.6 is 0 Å². The molecule has 6 unspecified atom stereocenters. The maximum atomic E-state index is 6.74. The molecule has 0 saturated carbocycles. The number of hydrogen-bond acceptors (Lipinski definition) is 2. The molecule has 0 spiro atoms. The van der Waals surface area contributed by atoms with E-state index in [1.165, 1.54) is 90.0 Å². The molecule has 0 aromatic rings. The second-order valence-electron chi connectivity index (χ2n) is 18.8. The quantitative estimate of drug-likeness (QED) is 0.227. The van der Waals surface area contributed by atoms with Crippen LogP contribution < -0.4 is 0 Å². The van der Waals surface area contributed by atoms with Crippen LogP contribution in [0.2, 0.25) is 0 Å². The maximum absolute atomic E-state index is 6.74. The molecule has 11 aliphatic rings. The molecule has 0 bridgehead atoms. The van der Waals surface area contributed by atoms with Crippen LogP contribution in [0.4, 0.5) is 0 Å². The lowest BCUT2D eigenvalue weighted by Crippen LogP contribution is -2.34. The molecule has 0 amide bonds. The summed E-state index contributed by atoms with van der Waals surface area (Å²) in [6, 6.07) is 0.316. The number of fused-ring (bicyclic) bond motifs is 2. The Morgan fingerprint density at radius 1 is 0.550 bits per heavy atom. The minimum Gasteiger partial charge on any atom is -0.485 e. The molecule has 0 aromatic carbocycles. The van der Waals surface area contributed by atoms with Gasteiger partial charge in [0, 0.05) is 34.7 Å². The fourth-order valence-corrected chi connectivity index (χ4v) is 11.9. The van der Waals surface area contributed by atoms with Gasteiger partial charge < -0.3 is 9.64 Å². The largest absolute Gasteiger partial charge is 0.485 e. The van der Waals surface area contributed by atoms with Crippen LogP contribution in [0.5, 0.6) is 0 Å². The molecular weight excluding hydrogens is 727 g/mol. The van der Waals surface area contributed by atoms with Crippen molar-refractivity contribution in [1.82, 2.24) is 4.90 Å². The van der Waals surface area contributed by atoms with E-state index in [-0.39, 0.29) is 6.10 Å². The Kier molecular flexibility index (Phi) is 10.6. The zero-order valence-electron chi connectivity index (χ0n) is 35.4. The average Bonchev–Trinajstić information content (AvgIpc) is 3.71. The molecule has 0 saturated heterocycles. The van der Waals surface area contributed by atoms with Crippen molar-refractivity contribution >= 4 is 0 Å². The molecule has 0 fully saturated rings. The highest BCUT2D eigenvalue weighted by Crippen LogP contribution is 2.48. The third-order valence-corrected chi connectivity index (χ3v) is 15.3. The monoisotopic (exact) mass is 787 g/mol. The maximum Gasteiger partial charge on any atom is 0.127 e. The van der Waals surface area contributed by atoms with Crippen molar-refractivity contribution in [1.29, 1.82) is 0 Å². The second kappa shape index (κ2) is 16.8. The normalized spacial score (nSPS) is 32.8. The summed E-state index contributed by atoms with van der Waals surface area (Å²) in [5.41, 5.74) is 16.4. The number of hydrogen-bond donors (Lipinski definition) is 0. The Morgan fingerprint density at radius 2 is 1.50 bits per heavy atom. The number of ether oxygens (including phenoxy) is 1. The van der Waals surface area contributed by atoms with E-state index in [2.05, 4.69) is 151 Å². The molecule has 10 aliphatic carbocycles. The van der Waals surface area contributed by atoms with Crippen molar-refractivity contribution < 1.29 is 4.74 Å². The number of rotatable bonds is 8. The molecule has 0 aromatic heterocycles. The molecule has 0 N–H and O–H groups in total. The Labute approximate surface area is 359 Å². The summed E-state index contributed by atoms with van der Waals surface area (Å²) < 4.78 is 6.74. The Balaban J connectivity index is 0.827. The second-order valence-corrected chi connectivity index (χ2v) is 18.8. The van der Waals surface area contributed by atoms with E-state index < -0.39 is 0 Å². The van der Waals surface area contributed by atoms with Crippen LogP contribution in [0, 0.1) is 29.6 Å². The fourth-order valence-electron chi connectivity index (χ4n) is 11.9. The Bertz CT molecular complexity index is 2370. The SMILES string of the molecule is C1=CCCC(C2=CCCC3=C2OC2C=CC(C4C=CC(N(C5=CC=C(C6=CC7=C(C=CCC7)CC6)CC5)C5C=CC(C6C=C[C@H](C7C=CC=CC7)CC6)=CC5)=CC4)=CC32)=C1. The molecule has 11 rings (SSSR count). The van der Waals surface area contributed by atoms with Gasteiger partial charge in [0.25, 0.3) is 0 Å². The first-order valence-corrected chi connectivity index (χ1v) is 23.6. The van der Waals surface area contributed by atoms with Crippen molar-refractivity contribution in [3.8, 4) is 0 Å². The van der Waals surface area contributed by atoms with Gasteiger partial charge in [0.1, 0.15) is 11.9 Å². The smallest absolute Gasteiger partial charge is 0.127 e. The van der Waals surface area contributed by atoms with Gasteiger partial charge >= 0.3 is 0 Å². The molecule has 60 heavy (non-hydrogen) atoms. The van der Waals surface area contributed by atoms with Gasteiger partial charge in [0.2, 0.25) is 0 Å². The fraction of sp³-hybridized carbons (Fsp3) is 0.379. The van der Waals surface area contributed by atoms with Gasteiger partial charge in [0.05, 0.1) is 6.04 Å². The van der Waals surface area contributed by atoms with Gasteiger partial charge in [-0.3, -0.25) is 0 Å². The van der Waals surface area contributed by atoms with Crippen LogP contribution in [0.15, 0.2) is 213 Å². The highest BCUT2D eigenvalue weighted by atomic mass is 16.5. The van der Waals surface area contributed by atoms with E-state index in [1.807, 2.05) is 0 Å². The lowest BCUT2D eigenvalue weighted by atomic mass is 9.76. The van der Waals surface area contributed by atoms with Crippen LogP contribution in [-0.2, 0) is 4.74 Å². The van der Waals surface area contributed by atoms with Crippen molar-refractivity contribution in [2.45, 2.75) is 108 Å². The van der Waals surface area contributed by atoms with E-state index >= 15 is 0 Å². The van der Waals surface area contributed by atoms with Crippen molar-refractivity contribution in [2.24, 2.45) is 29.6 Å². The van der Waals surface area contributed by atoms with Crippen LogP contribution in [0.3, 0.4) is 0 Å². The summed E-state index contributed by atoms with van der Waals surface area (Å²) in [4.78, 5) is 2.70. The first kappa shape index (κ1) is 37.9. The topological polar surface area (TPSA) is 12.5 Å². The Morgan fingerprint density at radius 3 is 2.30 bits per heavy atom. The van der Waals surface area contributed by atoms with Gasteiger partial charge in [-0.15, -0.1) is 0 Å². The van der Waals surface area contributed by atoms with E-state index in [0.717, 1.165) is 51.4 Å². The van der Waals surface area contributed by atoms with Crippen LogP contribution in [-0.4, -0.2) is 17.0 Å². The van der Waals surface area contributed by atoms with E-state index in [0.29, 0.717) is 35.6 Å². The Hall–Kier alpha value is -5.08. The summed E-state index contributed by atoms with van der Waals surface area (Å²) in [5.74, 6) is 3.79. The summed E-state index contributed by atoms with van der Waals surface area (Å²) in [7, 11) is 0. The van der Waals surface area contributed by atoms with Gasteiger partial charge in [-0.05, 0) is 171 Å². The summed E-state index contributed by atoms with van der Waals surface area (Å²) in [5, 5.41) is 0. The molecular formula is C58H61NO. The predicted octanol–water partition coefficient (Wildman–Crippen LogP) is 14.5. The zero-order chi connectivity index (χ0) is 39.8. The lowest BCUT2D eigenvalue weighted by Gasteiger charge is -2.39. The molecule has 2 heteroatoms. The zero-order valence-corrected chi connectivity index (χ0v) is 35.4. The first-order chi connectivity index (χ1) is 29.7. The van der Waals surface area contributed by atoms with Crippen molar-refractivity contribution in [2.75, 3.05) is 0 Å². The molecule has 304 valence electrons. The van der Waals surface area contributed by atoms with Crippen LogP contribution in [0.1, 0.15) is 96.3 Å². The van der Waals surface area contributed by atoms with Gasteiger partial charge in [-0.2, -0.15) is 0 Å². The third kappa shape index (κ3) is 7.50. The van der Waals surface area contributed by atoms with Crippen LogP contribution in [0.25, 0.3) is 0 Å². The minimum atomic E-state index is 0.126. The summed E-state index contributed by atoms with van der Waals surface area (Å²) in [6.45, 7) is 0. The van der Waals surface area contributed by atoms with Gasteiger partial charge in [-0.25, -0.2) is 0 Å². The molecule has 1 aliphatic heterocycles. The summed E-state index contributed by atoms with van der Waals surface area (Å²) in [6.07, 6.45) is 75.4. The number of nitrogens with zero attached hydrogens (tertiary/aromatic N) is 1. The van der Waals surface area contributed by atoms with Crippen molar-refractivity contribution in [3.63, 3.8) is 0 Å². The molecule has 7 atom stereocenters. The standard InChI is InChI=1S/C58H61NO/c1-3-10-40(11-4-1)42-18-20-43(21-19-42)44-24-31-51(32-25-44)59(52-33-26-45(27-34-52)49-23-22-41-12-7-8-15-48(41)38-49)53-35-28-46(29-36-53)50-30-37-57-56(39-50)55-17-9-16-54(58(55)60-57)47-13-5-2-6-14-47/h1-5,7,10,12-13,16,18,20,24-26,28,30-31,33,35-40,42-43,46,51,56-57H,6,8-9,11,14-15,17,19,21-23,27,29,32,34H2/t40?,42-,43?,46?,51?,56?,57?/m0/s1. The molecule has 2 nitrogen and oxygen atoms in total. The first-order valence-electron chi connectivity index (χ1n) is 23.6. The third-order valence-electron chi connectivity index (χ3n) is 15.3. The predicted molar refractivity (Wildman–Crippen MR) is 249 cm³/mol. The van der Waals surface area contributed by atoms with E-state index in [1.54, 1.807) is 22.3 Å². The number of allylic oxidation sites excluding steroid dienone is 28. The highest BCUT2D eigenvalue weighted by molar-refractivity contribution is 5.55. The molecule has 1 heterocycles. The highest BCUT2D eigenvalue weighted by Gasteiger charge is 2.39. The average molecular weight is 788 g/mol.